The van der Waals surface area contributed by atoms with Crippen LogP contribution < -0.4 is 10.2 Å². The third kappa shape index (κ3) is 4.53. The Bertz CT molecular complexity index is 331. The molecular weight excluding hydrogens is 222 g/mol. The minimum Gasteiger partial charge on any atom is -0.385 e. The van der Waals surface area contributed by atoms with Gasteiger partial charge in [-0.05, 0) is 19.2 Å². The Kier molecular flexibility index (Phi) is 7.37. The number of nitrogens with one attached hydrogen (secondary N) is 1. The van der Waals surface area contributed by atoms with Crippen molar-refractivity contribution in [2.24, 2.45) is 0 Å². The minimum absolute atomic E-state index is 0.0221. The molecule has 0 saturated carbocycles. The van der Waals surface area contributed by atoms with Crippen LogP contribution in [0, 0.1) is 0 Å². The number of carbonyl (C=O) groups is 1. The van der Waals surface area contributed by atoms with E-state index >= 15 is 0 Å². The lowest BCUT2D eigenvalue weighted by atomic mass is 10.3. The lowest BCUT2D eigenvalue weighted by Crippen LogP contribution is -2.23. The molecule has 1 aromatic rings. The molecule has 5 heteroatoms. The summed E-state index contributed by atoms with van der Waals surface area (Å²) in [5.41, 5.74) is 0.977. The predicted molar refractivity (Wildman–Crippen MR) is 72.4 cm³/mol. The molecule has 0 unspecified atom stereocenters. The number of anilines is 2. The van der Waals surface area contributed by atoms with Crippen molar-refractivity contribution < 1.29 is 4.79 Å². The van der Waals surface area contributed by atoms with Gasteiger partial charge in [-0.15, -0.1) is 0 Å². The average Bonchev–Trinajstić information content (AvgIpc) is 2.31. The van der Waals surface area contributed by atoms with Crippen molar-refractivity contribution in [1.29, 1.82) is 0 Å². The van der Waals surface area contributed by atoms with Gasteiger partial charge in [0.05, 0.1) is 0 Å². The number of nitrogens with zero attached hydrogens (tertiary/aromatic N) is 2. The highest BCUT2D eigenvalue weighted by atomic mass is 32.1. The molecule has 0 saturated heterocycles. The molecule has 16 heavy (non-hydrogen) atoms. The molecule has 0 radical (unpaired) electrons. The Hall–Kier alpha value is -1.23. The zero-order valence-corrected chi connectivity index (χ0v) is 11.1. The maximum atomic E-state index is 11.1. The number of rotatable bonds is 3. The lowest BCUT2D eigenvalue weighted by molar-refractivity contribution is -0.116. The van der Waals surface area contributed by atoms with E-state index in [4.69, 9.17) is 0 Å². The highest BCUT2D eigenvalue weighted by Crippen LogP contribution is 2.14. The van der Waals surface area contributed by atoms with Gasteiger partial charge in [0, 0.05) is 38.5 Å². The summed E-state index contributed by atoms with van der Waals surface area (Å²) in [6.45, 7) is 4.39. The van der Waals surface area contributed by atoms with E-state index in [2.05, 4.69) is 22.9 Å². The highest BCUT2D eigenvalue weighted by Gasteiger charge is 2.06. The Morgan fingerprint density at radius 3 is 2.69 bits per heavy atom. The summed E-state index contributed by atoms with van der Waals surface area (Å²) >= 11 is 3.53. The fourth-order valence-corrected chi connectivity index (χ4v) is 1.08. The van der Waals surface area contributed by atoms with Gasteiger partial charge in [0.1, 0.15) is 5.82 Å². The normalized spacial score (nSPS) is 8.81. The molecular formula is C11H19N3OS. The second-order valence-corrected chi connectivity index (χ2v) is 3.01. The fraction of sp³-hybridized carbons (Fsp3) is 0.455. The van der Waals surface area contributed by atoms with Gasteiger partial charge in [-0.2, -0.15) is 12.6 Å². The monoisotopic (exact) mass is 241 g/mol. The van der Waals surface area contributed by atoms with Gasteiger partial charge in [0.15, 0.2) is 0 Å². The molecule has 1 amide bonds. The van der Waals surface area contributed by atoms with Crippen LogP contribution in [0.2, 0.25) is 0 Å². The molecule has 0 aliphatic carbocycles. The van der Waals surface area contributed by atoms with Crippen LogP contribution in [0.3, 0.4) is 0 Å². The number of hydrogen-bond donors (Lipinski definition) is 2. The summed E-state index contributed by atoms with van der Waals surface area (Å²) in [5.74, 6) is 0.641. The van der Waals surface area contributed by atoms with Crippen LogP contribution in [0.25, 0.3) is 0 Å². The second-order valence-electron chi connectivity index (χ2n) is 3.01. The molecule has 0 aliphatic heterocycles. The van der Waals surface area contributed by atoms with Crippen LogP contribution in [-0.2, 0) is 4.79 Å². The summed E-state index contributed by atoms with van der Waals surface area (Å²) in [5, 5.41) is 3.16. The van der Waals surface area contributed by atoms with Crippen molar-refractivity contribution in [3.8, 4) is 0 Å². The summed E-state index contributed by atoms with van der Waals surface area (Å²) in [6.07, 6.45) is 3.38. The number of pyridine rings is 1. The first kappa shape index (κ1) is 14.8. The molecule has 0 bridgehead atoms. The van der Waals surface area contributed by atoms with E-state index < -0.39 is 0 Å². The summed E-state index contributed by atoms with van der Waals surface area (Å²) < 4.78 is 0. The molecule has 1 rings (SSSR count). The summed E-state index contributed by atoms with van der Waals surface area (Å²) in [4.78, 5) is 16.7. The molecule has 0 spiro atoms. The van der Waals surface area contributed by atoms with Gasteiger partial charge >= 0.3 is 0 Å². The summed E-state index contributed by atoms with van der Waals surface area (Å²) in [7, 11) is 1.71. The quantitative estimate of drug-likeness (QED) is 0.796. The zero-order valence-electron chi connectivity index (χ0n) is 10.2. The predicted octanol–water partition coefficient (Wildman–Crippen LogP) is 2.04. The number of aromatic nitrogens is 1. The van der Waals surface area contributed by atoms with Crippen LogP contribution in [0.4, 0.5) is 11.5 Å². The Morgan fingerprint density at radius 1 is 1.56 bits per heavy atom. The molecule has 90 valence electrons. The van der Waals surface area contributed by atoms with Crippen LogP contribution >= 0.6 is 12.6 Å². The number of hydrogen-bond acceptors (Lipinski definition) is 4. The van der Waals surface area contributed by atoms with E-state index in [1.54, 1.807) is 19.5 Å². The molecule has 1 heterocycles. The minimum atomic E-state index is -0.0221. The third-order valence-corrected chi connectivity index (χ3v) is 1.94. The van der Waals surface area contributed by atoms with E-state index in [1.807, 2.05) is 19.1 Å². The summed E-state index contributed by atoms with van der Waals surface area (Å²) in [6, 6.07) is 3.73. The molecule has 0 fully saturated rings. The van der Waals surface area contributed by atoms with E-state index in [0.29, 0.717) is 5.82 Å². The standard InChI is InChI=1S/C10H15N3O.CH4S/c1-4-11-9-5-6-12-10(7-9)13(3)8(2)14;1-2/h5-7H,4H2,1-3H3,(H,11,12);2H,1H3. The van der Waals surface area contributed by atoms with Gasteiger partial charge in [-0.25, -0.2) is 4.98 Å². The van der Waals surface area contributed by atoms with Crippen molar-refractivity contribution in [3.05, 3.63) is 18.3 Å². The average molecular weight is 241 g/mol. The van der Waals surface area contributed by atoms with Crippen molar-refractivity contribution in [2.75, 3.05) is 30.1 Å². The molecule has 0 aliphatic rings. The second kappa shape index (κ2) is 7.98. The smallest absolute Gasteiger partial charge is 0.224 e. The molecule has 1 N–H and O–H groups in total. The van der Waals surface area contributed by atoms with E-state index in [-0.39, 0.29) is 5.91 Å². The Morgan fingerprint density at radius 2 is 2.19 bits per heavy atom. The maximum Gasteiger partial charge on any atom is 0.224 e. The van der Waals surface area contributed by atoms with Crippen LogP contribution in [-0.4, -0.2) is 30.7 Å². The van der Waals surface area contributed by atoms with Gasteiger partial charge in [-0.1, -0.05) is 0 Å². The molecule has 1 aromatic heterocycles. The highest BCUT2D eigenvalue weighted by molar-refractivity contribution is 7.79. The zero-order chi connectivity index (χ0) is 12.6. The molecule has 0 aromatic carbocycles. The first-order valence-electron chi connectivity index (χ1n) is 5.04. The SMILES string of the molecule is CCNc1ccnc(N(C)C(C)=O)c1.CS. The van der Waals surface area contributed by atoms with Gasteiger partial charge < -0.3 is 10.2 Å². The topological polar surface area (TPSA) is 45.2 Å². The van der Waals surface area contributed by atoms with E-state index in [1.165, 1.54) is 11.8 Å². The first-order chi connectivity index (χ1) is 7.65. The number of amides is 1. The van der Waals surface area contributed by atoms with Crippen molar-refractivity contribution in [2.45, 2.75) is 13.8 Å². The van der Waals surface area contributed by atoms with Gasteiger partial charge in [0.25, 0.3) is 0 Å². The van der Waals surface area contributed by atoms with Gasteiger partial charge in [-0.3, -0.25) is 4.79 Å². The molecule has 4 nitrogen and oxygen atoms in total. The van der Waals surface area contributed by atoms with E-state index in [9.17, 15) is 4.79 Å². The van der Waals surface area contributed by atoms with E-state index in [0.717, 1.165) is 12.2 Å². The fourth-order valence-electron chi connectivity index (χ4n) is 1.08. The van der Waals surface area contributed by atoms with Crippen molar-refractivity contribution >= 4 is 30.0 Å². The van der Waals surface area contributed by atoms with Crippen LogP contribution in [0.1, 0.15) is 13.8 Å². The maximum absolute atomic E-state index is 11.1. The van der Waals surface area contributed by atoms with Crippen LogP contribution in [0.15, 0.2) is 18.3 Å². The van der Waals surface area contributed by atoms with Crippen LogP contribution in [0.5, 0.6) is 0 Å². The lowest BCUT2D eigenvalue weighted by Gasteiger charge is -2.14. The largest absolute Gasteiger partial charge is 0.385 e. The number of thiol groups is 1. The van der Waals surface area contributed by atoms with Crippen molar-refractivity contribution in [1.82, 2.24) is 4.98 Å². The molecule has 0 atom stereocenters. The third-order valence-electron chi connectivity index (χ3n) is 1.94. The Labute approximate surface area is 102 Å². The first-order valence-corrected chi connectivity index (χ1v) is 5.93. The Balaban J connectivity index is 0.00000106. The van der Waals surface area contributed by atoms with Gasteiger partial charge in [0.2, 0.25) is 5.91 Å². The van der Waals surface area contributed by atoms with Crippen molar-refractivity contribution in [3.63, 3.8) is 0 Å². The number of carbonyl (C=O) groups excluding carboxylic acids is 1.